The van der Waals surface area contributed by atoms with E-state index in [2.05, 4.69) is 15.3 Å². The molecule has 0 saturated carbocycles. The SMILES string of the molecule is CC(=O)O[C@H](c1ccc(-n2cc(-c3cccnc3)nn2)cc1C)[C@H]1OC(CO)[C@@H](OCc2ccccc2)C(OCc2ccccc2)C1OCc1ccccc1. The third-order valence-corrected chi connectivity index (χ3v) is 9.57. The molecule has 0 spiro atoms. The van der Waals surface area contributed by atoms with E-state index >= 15 is 0 Å². The molecule has 0 aliphatic carbocycles. The van der Waals surface area contributed by atoms with Crippen LogP contribution in [0, 0.1) is 6.92 Å². The molecule has 6 atom stereocenters. The van der Waals surface area contributed by atoms with Crippen LogP contribution in [-0.2, 0) is 48.3 Å². The van der Waals surface area contributed by atoms with Crippen molar-refractivity contribution in [3.8, 4) is 16.9 Å². The maximum absolute atomic E-state index is 12.9. The van der Waals surface area contributed by atoms with Crippen molar-refractivity contribution in [2.45, 2.75) is 70.3 Å². The van der Waals surface area contributed by atoms with E-state index in [1.165, 1.54) is 6.92 Å². The first-order chi connectivity index (χ1) is 27.0. The van der Waals surface area contributed by atoms with Crippen LogP contribution in [0.2, 0.25) is 0 Å². The van der Waals surface area contributed by atoms with Crippen LogP contribution in [0.4, 0.5) is 0 Å². The number of ether oxygens (including phenoxy) is 5. The molecule has 0 amide bonds. The lowest BCUT2D eigenvalue weighted by Crippen LogP contribution is -2.62. The Kier molecular flexibility index (Phi) is 12.5. The molecule has 55 heavy (non-hydrogen) atoms. The smallest absolute Gasteiger partial charge is 0.303 e. The van der Waals surface area contributed by atoms with Crippen LogP contribution in [0.1, 0.15) is 40.8 Å². The van der Waals surface area contributed by atoms with Crippen LogP contribution in [0.5, 0.6) is 0 Å². The molecule has 11 heteroatoms. The number of hydrogen-bond donors (Lipinski definition) is 1. The van der Waals surface area contributed by atoms with Gasteiger partial charge in [0.05, 0.1) is 38.3 Å². The Morgan fingerprint density at radius 1 is 0.782 bits per heavy atom. The minimum absolute atomic E-state index is 0.224. The molecule has 1 aliphatic rings. The molecular weight excluding hydrogens is 697 g/mol. The number of aromatic nitrogens is 4. The Bertz CT molecular complexity index is 2100. The largest absolute Gasteiger partial charge is 0.455 e. The molecule has 1 fully saturated rings. The number of hydrogen-bond acceptors (Lipinski definition) is 10. The predicted molar refractivity (Wildman–Crippen MR) is 205 cm³/mol. The van der Waals surface area contributed by atoms with E-state index in [1.807, 2.05) is 134 Å². The molecule has 6 aromatic rings. The van der Waals surface area contributed by atoms with Gasteiger partial charge in [-0.25, -0.2) is 4.68 Å². The molecule has 11 nitrogen and oxygen atoms in total. The van der Waals surface area contributed by atoms with Gasteiger partial charge < -0.3 is 28.8 Å². The minimum Gasteiger partial charge on any atom is -0.455 e. The van der Waals surface area contributed by atoms with Gasteiger partial charge in [0.15, 0.2) is 6.10 Å². The molecule has 7 rings (SSSR count). The number of esters is 1. The summed E-state index contributed by atoms with van der Waals surface area (Å²) in [4.78, 5) is 17.1. The number of benzene rings is 4. The first-order valence-electron chi connectivity index (χ1n) is 18.3. The fourth-order valence-electron chi connectivity index (χ4n) is 6.86. The summed E-state index contributed by atoms with van der Waals surface area (Å²) in [5.41, 5.74) is 6.67. The van der Waals surface area contributed by atoms with E-state index in [9.17, 15) is 9.90 Å². The van der Waals surface area contributed by atoms with Crippen molar-refractivity contribution < 1.29 is 33.6 Å². The van der Waals surface area contributed by atoms with Crippen molar-refractivity contribution in [2.24, 2.45) is 0 Å². The number of carbonyl (C=O) groups is 1. The third-order valence-electron chi connectivity index (χ3n) is 9.57. The molecule has 2 aromatic heterocycles. The molecular formula is C44H44N4O7. The Morgan fingerprint density at radius 3 is 1.93 bits per heavy atom. The van der Waals surface area contributed by atoms with Gasteiger partial charge in [0.25, 0.3) is 0 Å². The van der Waals surface area contributed by atoms with Gasteiger partial charge in [-0.3, -0.25) is 9.78 Å². The second kappa shape index (κ2) is 18.2. The molecule has 1 aliphatic heterocycles. The zero-order valence-corrected chi connectivity index (χ0v) is 30.8. The monoisotopic (exact) mass is 740 g/mol. The summed E-state index contributed by atoms with van der Waals surface area (Å²) >= 11 is 0. The fourth-order valence-corrected chi connectivity index (χ4v) is 6.86. The lowest BCUT2D eigenvalue weighted by Gasteiger charge is -2.47. The highest BCUT2D eigenvalue weighted by Crippen LogP contribution is 2.39. The number of rotatable bonds is 15. The van der Waals surface area contributed by atoms with E-state index in [-0.39, 0.29) is 26.4 Å². The number of carbonyl (C=O) groups excluding carboxylic acids is 1. The van der Waals surface area contributed by atoms with Crippen LogP contribution < -0.4 is 0 Å². The van der Waals surface area contributed by atoms with E-state index in [1.54, 1.807) is 17.1 Å². The van der Waals surface area contributed by atoms with Gasteiger partial charge in [0.1, 0.15) is 36.2 Å². The molecule has 282 valence electrons. The second-order valence-corrected chi connectivity index (χ2v) is 13.5. The predicted octanol–water partition coefficient (Wildman–Crippen LogP) is 6.76. The van der Waals surface area contributed by atoms with Gasteiger partial charge in [-0.05, 0) is 59.0 Å². The van der Waals surface area contributed by atoms with Gasteiger partial charge in [-0.15, -0.1) is 5.10 Å². The summed E-state index contributed by atoms with van der Waals surface area (Å²) in [5, 5.41) is 19.6. The third kappa shape index (κ3) is 9.40. The van der Waals surface area contributed by atoms with Gasteiger partial charge in [0, 0.05) is 24.9 Å². The summed E-state index contributed by atoms with van der Waals surface area (Å²) in [7, 11) is 0. The minimum atomic E-state index is -0.944. The Balaban J connectivity index is 1.26. The number of aliphatic hydroxyl groups excluding tert-OH is 1. The van der Waals surface area contributed by atoms with Gasteiger partial charge in [-0.2, -0.15) is 0 Å². The molecule has 0 bridgehead atoms. The van der Waals surface area contributed by atoms with Crippen molar-refractivity contribution in [2.75, 3.05) is 6.61 Å². The van der Waals surface area contributed by atoms with Crippen LogP contribution in [0.3, 0.4) is 0 Å². The average Bonchev–Trinajstić information content (AvgIpc) is 3.73. The Morgan fingerprint density at radius 2 is 1.38 bits per heavy atom. The topological polar surface area (TPSA) is 127 Å². The lowest BCUT2D eigenvalue weighted by molar-refractivity contribution is -0.286. The number of nitrogens with zero attached hydrogens (tertiary/aromatic N) is 4. The Hall–Kier alpha value is -5.56. The quantitative estimate of drug-likeness (QED) is 0.113. The zero-order valence-electron chi connectivity index (χ0n) is 30.8. The highest BCUT2D eigenvalue weighted by molar-refractivity contribution is 5.66. The maximum Gasteiger partial charge on any atom is 0.303 e. The summed E-state index contributed by atoms with van der Waals surface area (Å²) < 4.78 is 34.7. The highest BCUT2D eigenvalue weighted by atomic mass is 16.6. The van der Waals surface area contributed by atoms with Crippen LogP contribution in [0.15, 0.2) is 140 Å². The summed E-state index contributed by atoms with van der Waals surface area (Å²) in [6.45, 7) is 3.66. The summed E-state index contributed by atoms with van der Waals surface area (Å²) in [6.07, 6.45) is 0.287. The molecule has 1 saturated heterocycles. The van der Waals surface area contributed by atoms with Crippen molar-refractivity contribution in [1.82, 2.24) is 20.0 Å². The second-order valence-electron chi connectivity index (χ2n) is 13.5. The zero-order chi connectivity index (χ0) is 38.0. The summed E-state index contributed by atoms with van der Waals surface area (Å²) in [6, 6.07) is 39.0. The molecule has 1 N–H and O–H groups in total. The molecule has 3 heterocycles. The lowest BCUT2D eigenvalue weighted by atomic mass is 9.87. The Labute approximate surface area is 320 Å². The maximum atomic E-state index is 12.9. The van der Waals surface area contributed by atoms with Crippen LogP contribution in [-0.4, -0.2) is 68.2 Å². The first-order valence-corrected chi connectivity index (χ1v) is 18.3. The van der Waals surface area contributed by atoms with E-state index in [4.69, 9.17) is 23.7 Å². The van der Waals surface area contributed by atoms with Crippen molar-refractivity contribution in [3.63, 3.8) is 0 Å². The van der Waals surface area contributed by atoms with Crippen LogP contribution in [0.25, 0.3) is 16.9 Å². The number of pyridine rings is 1. The summed E-state index contributed by atoms with van der Waals surface area (Å²) in [5.74, 6) is -0.499. The highest BCUT2D eigenvalue weighted by Gasteiger charge is 2.52. The normalized spacial score (nSPS) is 20.2. The molecule has 0 radical (unpaired) electrons. The number of aryl methyl sites for hydroxylation is 1. The number of aliphatic hydroxyl groups is 1. The van der Waals surface area contributed by atoms with Gasteiger partial charge in [-0.1, -0.05) is 102 Å². The van der Waals surface area contributed by atoms with Gasteiger partial charge >= 0.3 is 5.97 Å². The van der Waals surface area contributed by atoms with E-state index < -0.39 is 42.6 Å². The van der Waals surface area contributed by atoms with Crippen LogP contribution >= 0.6 is 0 Å². The van der Waals surface area contributed by atoms with E-state index in [0.717, 1.165) is 33.5 Å². The molecule has 3 unspecified atom stereocenters. The van der Waals surface area contributed by atoms with Crippen molar-refractivity contribution >= 4 is 5.97 Å². The average molecular weight is 741 g/mol. The first kappa shape index (κ1) is 37.7. The van der Waals surface area contributed by atoms with Gasteiger partial charge in [0.2, 0.25) is 0 Å². The standard InChI is InChI=1S/C44H44N4O7/c1-30-23-36(48-25-38(46-47-48)35-19-12-22-45-24-35)20-21-37(30)40(54-31(2)50)44-43(53-29-34-17-10-5-11-18-34)42(52-28-33-15-8-4-9-16-33)41(39(26-49)55-44)51-27-32-13-6-3-7-14-32/h3-25,39-44,49H,26-29H2,1-2H3/t39?,40-,41-,42?,43?,44-/m1/s1. The van der Waals surface area contributed by atoms with E-state index in [0.29, 0.717) is 11.3 Å². The fraction of sp³-hybridized carbons (Fsp3) is 0.273. The van der Waals surface area contributed by atoms with Crippen molar-refractivity contribution in [1.29, 1.82) is 0 Å². The van der Waals surface area contributed by atoms with Crippen molar-refractivity contribution in [3.05, 3.63) is 168 Å². The molecule has 4 aromatic carbocycles.